The summed E-state index contributed by atoms with van der Waals surface area (Å²) < 4.78 is 2.07. The van der Waals surface area contributed by atoms with Crippen molar-refractivity contribution in [2.45, 2.75) is 66.3 Å². The van der Waals surface area contributed by atoms with Crippen LogP contribution >= 0.6 is 46.6 Å². The minimum atomic E-state index is 0.0659. The molecule has 0 bridgehead atoms. The molecule has 130 valence electrons. The van der Waals surface area contributed by atoms with E-state index in [0.717, 1.165) is 39.4 Å². The lowest BCUT2D eigenvalue weighted by Crippen LogP contribution is -2.09. The fourth-order valence-corrected chi connectivity index (χ4v) is 6.08. The van der Waals surface area contributed by atoms with Gasteiger partial charge in [-0.05, 0) is 18.9 Å². The van der Waals surface area contributed by atoms with Crippen molar-refractivity contribution in [2.24, 2.45) is 0 Å². The first-order chi connectivity index (χ1) is 11.2. The number of aromatic nitrogens is 2. The SMILES string of the molecule is C=CC(=O)SC(CCCC)CSc1nnc(SCCCCC)s1. The van der Waals surface area contributed by atoms with Gasteiger partial charge in [0, 0.05) is 16.8 Å². The Morgan fingerprint density at radius 3 is 2.52 bits per heavy atom. The van der Waals surface area contributed by atoms with Gasteiger partial charge in [-0.1, -0.05) is 92.7 Å². The van der Waals surface area contributed by atoms with Crippen LogP contribution in [-0.4, -0.2) is 32.1 Å². The van der Waals surface area contributed by atoms with Gasteiger partial charge in [0.05, 0.1) is 0 Å². The van der Waals surface area contributed by atoms with Gasteiger partial charge in [-0.25, -0.2) is 0 Å². The molecular weight excluding hydrogens is 364 g/mol. The van der Waals surface area contributed by atoms with Gasteiger partial charge < -0.3 is 0 Å². The molecule has 0 aliphatic carbocycles. The highest BCUT2D eigenvalue weighted by molar-refractivity contribution is 8.15. The summed E-state index contributed by atoms with van der Waals surface area (Å²) in [6.07, 6.45) is 8.54. The molecular formula is C16H26N2OS4. The fourth-order valence-electron chi connectivity index (χ4n) is 1.81. The molecule has 1 atom stereocenters. The molecule has 1 aromatic rings. The summed E-state index contributed by atoms with van der Waals surface area (Å²) in [6.45, 7) is 7.95. The average molecular weight is 391 g/mol. The van der Waals surface area contributed by atoms with E-state index in [9.17, 15) is 4.79 Å². The standard InChI is InChI=1S/C16H26N2OS4/c1-4-7-9-11-20-15-17-18-16(23-15)21-12-13(10-8-5-2)22-14(19)6-3/h6,13H,3-5,7-12H2,1-2H3. The lowest BCUT2D eigenvalue weighted by atomic mass is 10.2. The van der Waals surface area contributed by atoms with Crippen LogP contribution in [0.2, 0.25) is 0 Å². The van der Waals surface area contributed by atoms with Crippen LogP contribution in [0.4, 0.5) is 0 Å². The minimum Gasteiger partial charge on any atom is -0.282 e. The molecule has 1 heterocycles. The lowest BCUT2D eigenvalue weighted by Gasteiger charge is -2.12. The molecule has 23 heavy (non-hydrogen) atoms. The van der Waals surface area contributed by atoms with Crippen molar-refractivity contribution >= 4 is 51.7 Å². The molecule has 1 unspecified atom stereocenters. The summed E-state index contributed by atoms with van der Waals surface area (Å²) in [5, 5.41) is 8.91. The predicted octanol–water partition coefficient (Wildman–Crippen LogP) is 5.92. The van der Waals surface area contributed by atoms with Gasteiger partial charge in [-0.15, -0.1) is 10.2 Å². The number of hydrogen-bond donors (Lipinski definition) is 0. The molecule has 0 saturated heterocycles. The number of carbonyl (C=O) groups excluding carboxylic acids is 1. The van der Waals surface area contributed by atoms with Crippen LogP contribution in [0, 0.1) is 0 Å². The topological polar surface area (TPSA) is 42.9 Å². The Bertz CT molecular complexity index is 465. The Labute approximate surface area is 156 Å². The van der Waals surface area contributed by atoms with E-state index in [0.29, 0.717) is 5.25 Å². The van der Waals surface area contributed by atoms with Gasteiger partial charge in [0.1, 0.15) is 0 Å². The molecule has 0 radical (unpaired) electrons. The van der Waals surface area contributed by atoms with E-state index in [1.165, 1.54) is 37.1 Å². The number of thioether (sulfide) groups is 3. The number of nitrogens with zero attached hydrogens (tertiary/aromatic N) is 2. The van der Waals surface area contributed by atoms with Crippen molar-refractivity contribution in [3.63, 3.8) is 0 Å². The first kappa shape index (κ1) is 21.1. The smallest absolute Gasteiger partial charge is 0.211 e. The maximum absolute atomic E-state index is 11.6. The fraction of sp³-hybridized carbons (Fsp3) is 0.688. The highest BCUT2D eigenvalue weighted by Crippen LogP contribution is 2.32. The first-order valence-electron chi connectivity index (χ1n) is 8.11. The lowest BCUT2D eigenvalue weighted by molar-refractivity contribution is -0.107. The quantitative estimate of drug-likeness (QED) is 0.237. The molecule has 0 saturated carbocycles. The molecule has 0 fully saturated rings. The molecule has 1 rings (SSSR count). The second-order valence-corrected chi connectivity index (χ2v) is 10.00. The summed E-state index contributed by atoms with van der Waals surface area (Å²) in [5.41, 5.74) is 0. The van der Waals surface area contributed by atoms with Crippen molar-refractivity contribution in [3.05, 3.63) is 12.7 Å². The van der Waals surface area contributed by atoms with E-state index in [2.05, 4.69) is 30.6 Å². The molecule has 0 N–H and O–H groups in total. The van der Waals surface area contributed by atoms with Crippen molar-refractivity contribution in [2.75, 3.05) is 11.5 Å². The maximum Gasteiger partial charge on any atom is 0.211 e. The Kier molecular flexibility index (Phi) is 12.2. The van der Waals surface area contributed by atoms with Crippen molar-refractivity contribution in [1.29, 1.82) is 0 Å². The number of rotatable bonds is 13. The van der Waals surface area contributed by atoms with Crippen molar-refractivity contribution < 1.29 is 4.79 Å². The van der Waals surface area contributed by atoms with Crippen molar-refractivity contribution in [1.82, 2.24) is 10.2 Å². The predicted molar refractivity (Wildman–Crippen MR) is 107 cm³/mol. The van der Waals surface area contributed by atoms with Gasteiger partial charge >= 0.3 is 0 Å². The van der Waals surface area contributed by atoms with E-state index < -0.39 is 0 Å². The monoisotopic (exact) mass is 390 g/mol. The van der Waals surface area contributed by atoms with Crippen LogP contribution in [0.25, 0.3) is 0 Å². The van der Waals surface area contributed by atoms with Crippen LogP contribution < -0.4 is 0 Å². The zero-order chi connectivity index (χ0) is 16.9. The minimum absolute atomic E-state index is 0.0659. The van der Waals surface area contributed by atoms with Crippen molar-refractivity contribution in [3.8, 4) is 0 Å². The Balaban J connectivity index is 2.39. The summed E-state index contributed by atoms with van der Waals surface area (Å²) in [4.78, 5) is 11.6. The molecule has 0 aliphatic rings. The number of hydrogen-bond acceptors (Lipinski definition) is 7. The maximum atomic E-state index is 11.6. The number of carbonyl (C=O) groups is 1. The molecule has 1 aromatic heterocycles. The summed E-state index contributed by atoms with van der Waals surface area (Å²) in [7, 11) is 0. The Morgan fingerprint density at radius 1 is 1.17 bits per heavy atom. The van der Waals surface area contributed by atoms with Crippen LogP contribution in [0.1, 0.15) is 52.4 Å². The third kappa shape index (κ3) is 9.79. The van der Waals surface area contributed by atoms with E-state index in [1.54, 1.807) is 34.9 Å². The van der Waals surface area contributed by atoms with Gasteiger partial charge in [-0.3, -0.25) is 4.79 Å². The van der Waals surface area contributed by atoms with Gasteiger partial charge in [-0.2, -0.15) is 0 Å². The Morgan fingerprint density at radius 2 is 1.87 bits per heavy atom. The van der Waals surface area contributed by atoms with E-state index in [-0.39, 0.29) is 5.12 Å². The second kappa shape index (κ2) is 13.3. The van der Waals surface area contributed by atoms with Crippen LogP contribution in [0.5, 0.6) is 0 Å². The van der Waals surface area contributed by atoms with E-state index in [1.807, 2.05) is 0 Å². The molecule has 0 spiro atoms. The zero-order valence-electron chi connectivity index (χ0n) is 14.0. The molecule has 7 heteroatoms. The highest BCUT2D eigenvalue weighted by atomic mass is 32.2. The Hall–Kier alpha value is 0.0200. The third-order valence-corrected chi connectivity index (χ3v) is 7.87. The van der Waals surface area contributed by atoms with Crippen LogP contribution in [0.3, 0.4) is 0 Å². The van der Waals surface area contributed by atoms with E-state index in [4.69, 9.17) is 0 Å². The van der Waals surface area contributed by atoms with Crippen LogP contribution in [-0.2, 0) is 4.79 Å². The third-order valence-electron chi connectivity index (χ3n) is 3.08. The average Bonchev–Trinajstić information content (AvgIpc) is 3.01. The van der Waals surface area contributed by atoms with E-state index >= 15 is 0 Å². The summed E-state index contributed by atoms with van der Waals surface area (Å²) in [5.74, 6) is 2.02. The first-order valence-corrected chi connectivity index (χ1v) is 11.8. The molecule has 3 nitrogen and oxygen atoms in total. The molecule has 0 aromatic carbocycles. The second-order valence-electron chi connectivity index (χ2n) is 5.11. The summed E-state index contributed by atoms with van der Waals surface area (Å²) in [6, 6.07) is 0. The van der Waals surface area contributed by atoms with Gasteiger partial charge in [0.25, 0.3) is 0 Å². The highest BCUT2D eigenvalue weighted by Gasteiger charge is 2.15. The number of unbranched alkanes of at least 4 members (excludes halogenated alkanes) is 3. The summed E-state index contributed by atoms with van der Waals surface area (Å²) >= 11 is 6.60. The normalized spacial score (nSPS) is 12.3. The molecule has 0 amide bonds. The molecule has 0 aliphatic heterocycles. The largest absolute Gasteiger partial charge is 0.282 e. The van der Waals surface area contributed by atoms with Crippen LogP contribution in [0.15, 0.2) is 21.3 Å². The zero-order valence-corrected chi connectivity index (χ0v) is 17.2. The van der Waals surface area contributed by atoms with Gasteiger partial charge in [0.2, 0.25) is 5.12 Å². The van der Waals surface area contributed by atoms with Gasteiger partial charge in [0.15, 0.2) is 8.68 Å².